The molecule has 0 nitrogen and oxygen atoms in total. The molecular weight excluding hydrogens is 451 g/mol. The van der Waals surface area contributed by atoms with E-state index in [1.807, 2.05) is 0 Å². The molecule has 1 fully saturated rings. The average molecular weight is 485 g/mol. The van der Waals surface area contributed by atoms with Crippen molar-refractivity contribution in [3.05, 3.63) is 157 Å². The summed E-state index contributed by atoms with van der Waals surface area (Å²) < 4.78 is 0. The molecule has 36 heavy (non-hydrogen) atoms. The summed E-state index contributed by atoms with van der Waals surface area (Å²) in [5, 5.41) is 2.92. The summed E-state index contributed by atoms with van der Waals surface area (Å²) in [6, 6.07) is 45.4. The minimum absolute atomic E-state index is 0.386. The van der Waals surface area contributed by atoms with Gasteiger partial charge in [-0.25, -0.2) is 0 Å². The summed E-state index contributed by atoms with van der Waals surface area (Å²) >= 11 is 0. The van der Waals surface area contributed by atoms with Crippen molar-refractivity contribution in [1.29, 1.82) is 0 Å². The Morgan fingerprint density at radius 3 is 1.61 bits per heavy atom. The largest absolute Gasteiger partial charge is 0.0808 e. The van der Waals surface area contributed by atoms with E-state index in [0.29, 0.717) is 29.3 Å². The molecule has 2 aliphatic carbocycles. The Balaban J connectivity index is 1.57. The van der Waals surface area contributed by atoms with E-state index in [-0.39, 0.29) is 0 Å². The summed E-state index contributed by atoms with van der Waals surface area (Å²) in [6.45, 7) is 0. The van der Waals surface area contributed by atoms with Crippen LogP contribution in [0.5, 0.6) is 0 Å². The van der Waals surface area contributed by atoms with Gasteiger partial charge in [-0.1, -0.05) is 146 Å². The lowest BCUT2D eigenvalue weighted by atomic mass is 9.73. The Hall–Kier alpha value is -3.21. The van der Waals surface area contributed by atoms with E-state index in [1.165, 1.54) is 34.6 Å². The third-order valence-electron chi connectivity index (χ3n) is 8.10. The van der Waals surface area contributed by atoms with Crippen LogP contribution in [0.1, 0.15) is 35.5 Å². The van der Waals surface area contributed by atoms with Crippen LogP contribution in [0.15, 0.2) is 146 Å². The smallest absolute Gasteiger partial charge is 0.0193 e. The number of allylic oxidation sites excluding steroid dienone is 4. The van der Waals surface area contributed by atoms with Crippen LogP contribution in [-0.4, -0.2) is 0 Å². The number of rotatable bonds is 7. The van der Waals surface area contributed by atoms with Crippen molar-refractivity contribution in [2.24, 2.45) is 17.8 Å². The lowest BCUT2D eigenvalue weighted by Gasteiger charge is -2.41. The summed E-state index contributed by atoms with van der Waals surface area (Å²) in [5.41, 5.74) is 3.33. The molecule has 2 aliphatic rings. The van der Waals surface area contributed by atoms with Gasteiger partial charge in [0.1, 0.15) is 0 Å². The zero-order valence-electron chi connectivity index (χ0n) is 20.6. The maximum atomic E-state index is 2.51. The minimum Gasteiger partial charge on any atom is -0.0808 e. The lowest BCUT2D eigenvalue weighted by molar-refractivity contribution is 0.343. The fourth-order valence-electron chi connectivity index (χ4n) is 6.57. The molecule has 6 rings (SSSR count). The van der Waals surface area contributed by atoms with Crippen LogP contribution in [-0.2, 0) is 0 Å². The molecule has 0 N–H and O–H groups in total. The fraction of sp³-hybridized carbons (Fsp3) is 0.200. The summed E-state index contributed by atoms with van der Waals surface area (Å²) in [5.74, 6) is 2.32. The number of fused-ring (bicyclic) bond motifs is 1. The van der Waals surface area contributed by atoms with Gasteiger partial charge in [0.15, 0.2) is 0 Å². The normalized spacial score (nSPS) is 22.3. The summed E-state index contributed by atoms with van der Waals surface area (Å²) in [4.78, 5) is 0. The Morgan fingerprint density at radius 2 is 1.03 bits per heavy atom. The molecule has 3 unspecified atom stereocenters. The second-order valence-electron chi connectivity index (χ2n) is 10.1. The van der Waals surface area contributed by atoms with Crippen LogP contribution in [0.3, 0.4) is 0 Å². The Labute approximate surface area is 217 Å². The summed E-state index contributed by atoms with van der Waals surface area (Å²) in [7, 11) is -0.636. The van der Waals surface area contributed by atoms with E-state index in [0.717, 1.165) is 0 Å². The van der Waals surface area contributed by atoms with Crippen LogP contribution >= 0.6 is 7.92 Å². The Bertz CT molecular complexity index is 1250. The first-order chi connectivity index (χ1) is 17.9. The van der Waals surface area contributed by atoms with Crippen LogP contribution < -0.4 is 10.6 Å². The third kappa shape index (κ3) is 4.63. The van der Waals surface area contributed by atoms with Gasteiger partial charge in [-0.2, -0.15) is 0 Å². The first kappa shape index (κ1) is 23.2. The molecule has 1 heteroatoms. The zero-order chi connectivity index (χ0) is 24.2. The maximum absolute atomic E-state index is 2.51. The lowest BCUT2D eigenvalue weighted by Crippen LogP contribution is -2.28. The van der Waals surface area contributed by atoms with Crippen molar-refractivity contribution in [1.82, 2.24) is 0 Å². The molecule has 0 bridgehead atoms. The van der Waals surface area contributed by atoms with E-state index < -0.39 is 7.92 Å². The highest BCUT2D eigenvalue weighted by Gasteiger charge is 2.45. The quantitative estimate of drug-likeness (QED) is 0.231. The van der Waals surface area contributed by atoms with Crippen LogP contribution in [0, 0.1) is 17.8 Å². The highest BCUT2D eigenvalue weighted by atomic mass is 31.1. The van der Waals surface area contributed by atoms with Crippen LogP contribution in [0.2, 0.25) is 0 Å². The van der Waals surface area contributed by atoms with Crippen molar-refractivity contribution in [2.45, 2.75) is 24.4 Å². The standard InChI is InChI=1S/C35H33P/c1-5-16-28(17-6-1)34(33-26-25-27-15-13-14-24-32(27)33)35(29-18-7-2-8-19-29)36(30-20-9-3-10-21-30)31-22-11-4-12-23-31/h1-24,27,32-35H,25-26H2/t27?,32?,33?,34-,35+/m1/s1. The highest BCUT2D eigenvalue weighted by Crippen LogP contribution is 2.62. The van der Waals surface area contributed by atoms with Gasteiger partial charge in [-0.3, -0.25) is 0 Å². The second-order valence-corrected chi connectivity index (χ2v) is 12.4. The van der Waals surface area contributed by atoms with Crippen molar-refractivity contribution in [3.63, 3.8) is 0 Å². The SMILES string of the molecule is C1=CC2CCC([C@@H](c3ccccc3)[C@H](c3ccccc3)P(c3ccccc3)c3ccccc3)C2C=C1. The van der Waals surface area contributed by atoms with Gasteiger partial charge in [0.25, 0.3) is 0 Å². The number of benzene rings is 4. The van der Waals surface area contributed by atoms with E-state index in [4.69, 9.17) is 0 Å². The molecule has 0 saturated heterocycles. The van der Waals surface area contributed by atoms with Crippen molar-refractivity contribution in [2.75, 3.05) is 0 Å². The Kier molecular flexibility index (Phi) is 6.97. The minimum atomic E-state index is -0.636. The summed E-state index contributed by atoms with van der Waals surface area (Å²) in [6.07, 6.45) is 12.1. The van der Waals surface area contributed by atoms with E-state index in [9.17, 15) is 0 Å². The molecule has 5 atom stereocenters. The molecule has 1 saturated carbocycles. The number of hydrogen-bond acceptors (Lipinski definition) is 0. The zero-order valence-corrected chi connectivity index (χ0v) is 21.5. The first-order valence-electron chi connectivity index (χ1n) is 13.2. The third-order valence-corrected chi connectivity index (χ3v) is 11.0. The van der Waals surface area contributed by atoms with Crippen LogP contribution in [0.4, 0.5) is 0 Å². The maximum Gasteiger partial charge on any atom is 0.0193 e. The molecule has 0 radical (unpaired) electrons. The number of hydrogen-bond donors (Lipinski definition) is 0. The Morgan fingerprint density at radius 1 is 0.528 bits per heavy atom. The molecule has 178 valence electrons. The fourth-order valence-corrected chi connectivity index (χ4v) is 9.68. The average Bonchev–Trinajstić information content (AvgIpc) is 3.39. The van der Waals surface area contributed by atoms with Gasteiger partial charge in [-0.15, -0.1) is 0 Å². The first-order valence-corrected chi connectivity index (χ1v) is 14.7. The topological polar surface area (TPSA) is 0 Å². The van der Waals surface area contributed by atoms with Gasteiger partial charge in [0.05, 0.1) is 0 Å². The molecule has 0 amide bonds. The van der Waals surface area contributed by atoms with Gasteiger partial charge in [-0.05, 0) is 66.2 Å². The van der Waals surface area contributed by atoms with Gasteiger partial charge >= 0.3 is 0 Å². The van der Waals surface area contributed by atoms with Crippen molar-refractivity contribution in [3.8, 4) is 0 Å². The van der Waals surface area contributed by atoms with Crippen molar-refractivity contribution < 1.29 is 0 Å². The van der Waals surface area contributed by atoms with E-state index in [2.05, 4.69) is 146 Å². The molecule has 4 aromatic rings. The molecule has 0 aromatic heterocycles. The second kappa shape index (κ2) is 10.8. The van der Waals surface area contributed by atoms with Crippen molar-refractivity contribution >= 4 is 18.5 Å². The van der Waals surface area contributed by atoms with Gasteiger partial charge < -0.3 is 0 Å². The molecule has 0 aliphatic heterocycles. The van der Waals surface area contributed by atoms with E-state index >= 15 is 0 Å². The predicted octanol–water partition coefficient (Wildman–Crippen LogP) is 8.41. The highest BCUT2D eigenvalue weighted by molar-refractivity contribution is 7.73. The van der Waals surface area contributed by atoms with Gasteiger partial charge in [0, 0.05) is 5.66 Å². The molecule has 0 heterocycles. The molecule has 0 spiro atoms. The van der Waals surface area contributed by atoms with E-state index in [1.54, 1.807) is 0 Å². The van der Waals surface area contributed by atoms with Crippen LogP contribution in [0.25, 0.3) is 0 Å². The monoisotopic (exact) mass is 484 g/mol. The predicted molar refractivity (Wildman–Crippen MR) is 155 cm³/mol. The molecular formula is C35H33P. The molecule has 4 aromatic carbocycles. The van der Waals surface area contributed by atoms with Gasteiger partial charge in [0.2, 0.25) is 0 Å².